The van der Waals surface area contributed by atoms with Crippen LogP contribution in [0.2, 0.25) is 0 Å². The minimum absolute atomic E-state index is 0.0450. The Kier molecular flexibility index (Phi) is 9.22. The highest BCUT2D eigenvalue weighted by Gasteiger charge is 2.26. The number of carbonyl (C=O) groups is 1. The molecule has 4 rings (SSSR count). The van der Waals surface area contributed by atoms with E-state index in [1.54, 1.807) is 42.7 Å². The van der Waals surface area contributed by atoms with Crippen molar-refractivity contribution >= 4 is 59.6 Å². The van der Waals surface area contributed by atoms with Crippen LogP contribution in [0, 0.1) is 5.82 Å². The lowest BCUT2D eigenvalue weighted by Gasteiger charge is -2.23. The van der Waals surface area contributed by atoms with E-state index in [9.17, 15) is 17.6 Å². The number of halogens is 3. The summed E-state index contributed by atoms with van der Waals surface area (Å²) in [5, 5.41) is 2.72. The van der Waals surface area contributed by atoms with E-state index < -0.39 is 15.8 Å². The van der Waals surface area contributed by atoms with Crippen LogP contribution >= 0.6 is 31.9 Å². The van der Waals surface area contributed by atoms with Gasteiger partial charge < -0.3 is 5.32 Å². The number of hydrogen-bond acceptors (Lipinski definition) is 4. The van der Waals surface area contributed by atoms with Gasteiger partial charge in [-0.05, 0) is 83.4 Å². The lowest BCUT2D eigenvalue weighted by molar-refractivity contribution is -0.111. The van der Waals surface area contributed by atoms with Gasteiger partial charge in [0.15, 0.2) is 0 Å². The Morgan fingerprint density at radius 1 is 0.921 bits per heavy atom. The number of benzene rings is 3. The number of pyridine rings is 1. The summed E-state index contributed by atoms with van der Waals surface area (Å²) in [6.07, 6.45) is 6.31. The maximum atomic E-state index is 13.7. The van der Waals surface area contributed by atoms with Gasteiger partial charge in [-0.2, -0.15) is 4.31 Å². The molecule has 1 amide bonds. The summed E-state index contributed by atoms with van der Waals surface area (Å²) in [6, 6.07) is 20.8. The predicted molar refractivity (Wildman–Crippen MR) is 153 cm³/mol. The third-order valence-electron chi connectivity index (χ3n) is 5.53. The Bertz CT molecular complexity index is 1550. The van der Waals surface area contributed by atoms with E-state index in [-0.39, 0.29) is 23.9 Å². The monoisotopic (exact) mass is 657 g/mol. The first-order valence-corrected chi connectivity index (χ1v) is 14.4. The fourth-order valence-electron chi connectivity index (χ4n) is 3.55. The number of rotatable bonds is 9. The van der Waals surface area contributed by atoms with E-state index in [2.05, 4.69) is 42.2 Å². The van der Waals surface area contributed by atoms with Gasteiger partial charge in [-0.15, -0.1) is 0 Å². The number of hydrogen-bond donors (Lipinski definition) is 1. The number of amides is 1. The second-order valence-electron chi connectivity index (χ2n) is 8.26. The van der Waals surface area contributed by atoms with Gasteiger partial charge in [0.2, 0.25) is 15.9 Å². The van der Waals surface area contributed by atoms with Crippen molar-refractivity contribution in [3.8, 4) is 0 Å². The molecular weight excluding hydrogens is 637 g/mol. The highest BCUT2D eigenvalue weighted by molar-refractivity contribution is 9.11. The minimum atomic E-state index is -3.95. The molecule has 0 aliphatic carbocycles. The highest BCUT2D eigenvalue weighted by Crippen LogP contribution is 2.27. The van der Waals surface area contributed by atoms with Crippen LogP contribution in [0.3, 0.4) is 0 Å². The molecule has 0 fully saturated rings. The SMILES string of the molecule is O=C(/C=C/c1ccncc1)Nc1ccc(S(=O)(=O)N(Cc2ccc(F)cc2)Cc2ccc(Br)cc2Br)cc1. The lowest BCUT2D eigenvalue weighted by atomic mass is 10.2. The number of nitrogens with zero attached hydrogens (tertiary/aromatic N) is 2. The van der Waals surface area contributed by atoms with E-state index in [1.165, 1.54) is 46.8 Å². The highest BCUT2D eigenvalue weighted by atomic mass is 79.9. The third-order valence-corrected chi connectivity index (χ3v) is 8.56. The Labute approximate surface area is 237 Å². The molecule has 10 heteroatoms. The van der Waals surface area contributed by atoms with Crippen molar-refractivity contribution in [2.24, 2.45) is 0 Å². The molecule has 0 unspecified atom stereocenters. The first kappa shape index (κ1) is 27.8. The Hall–Kier alpha value is -3.18. The fraction of sp³-hybridized carbons (Fsp3) is 0.0714. The molecule has 0 atom stereocenters. The van der Waals surface area contributed by atoms with Crippen LogP contribution in [0.25, 0.3) is 6.08 Å². The van der Waals surface area contributed by atoms with E-state index in [4.69, 9.17) is 0 Å². The molecule has 6 nitrogen and oxygen atoms in total. The van der Waals surface area contributed by atoms with Crippen LogP contribution in [0.15, 0.2) is 111 Å². The molecule has 0 saturated carbocycles. The molecule has 0 aliphatic heterocycles. The molecule has 194 valence electrons. The first-order valence-electron chi connectivity index (χ1n) is 11.4. The van der Waals surface area contributed by atoms with Crippen LogP contribution in [-0.2, 0) is 27.9 Å². The van der Waals surface area contributed by atoms with Crippen molar-refractivity contribution in [3.63, 3.8) is 0 Å². The largest absolute Gasteiger partial charge is 0.323 e. The van der Waals surface area contributed by atoms with Gasteiger partial charge in [-0.25, -0.2) is 12.8 Å². The topological polar surface area (TPSA) is 79.4 Å². The first-order chi connectivity index (χ1) is 18.2. The average molecular weight is 659 g/mol. The van der Waals surface area contributed by atoms with Crippen molar-refractivity contribution < 1.29 is 17.6 Å². The van der Waals surface area contributed by atoms with Gasteiger partial charge in [0.25, 0.3) is 0 Å². The molecular formula is C28H22Br2FN3O3S. The van der Waals surface area contributed by atoms with Gasteiger partial charge in [0.1, 0.15) is 5.82 Å². The second-order valence-corrected chi connectivity index (χ2v) is 12.0. The summed E-state index contributed by atoms with van der Waals surface area (Å²) >= 11 is 6.91. The molecule has 4 aromatic rings. The summed E-state index contributed by atoms with van der Waals surface area (Å²) in [7, 11) is -3.95. The molecule has 0 bridgehead atoms. The van der Waals surface area contributed by atoms with Gasteiger partial charge in [-0.1, -0.05) is 50.1 Å². The summed E-state index contributed by atoms with van der Waals surface area (Å²) in [5.41, 5.74) is 2.70. The van der Waals surface area contributed by atoms with Crippen LogP contribution in [0.1, 0.15) is 16.7 Å². The minimum Gasteiger partial charge on any atom is -0.323 e. The normalized spacial score (nSPS) is 11.7. The summed E-state index contributed by atoms with van der Waals surface area (Å²) in [6.45, 7) is 0.134. The van der Waals surface area contributed by atoms with E-state index in [0.717, 1.165) is 20.1 Å². The molecule has 0 spiro atoms. The van der Waals surface area contributed by atoms with E-state index in [1.807, 2.05) is 18.2 Å². The molecule has 3 aromatic carbocycles. The van der Waals surface area contributed by atoms with Gasteiger partial charge in [0.05, 0.1) is 4.90 Å². The lowest BCUT2D eigenvalue weighted by Crippen LogP contribution is -2.30. The zero-order valence-electron chi connectivity index (χ0n) is 19.9. The van der Waals surface area contributed by atoms with Crippen molar-refractivity contribution in [3.05, 3.63) is 129 Å². The molecule has 0 saturated heterocycles. The second kappa shape index (κ2) is 12.6. The number of aromatic nitrogens is 1. The average Bonchev–Trinajstić information content (AvgIpc) is 2.90. The quantitative estimate of drug-likeness (QED) is 0.201. The molecule has 1 heterocycles. The predicted octanol–water partition coefficient (Wildman–Crippen LogP) is 6.79. The number of nitrogens with one attached hydrogen (secondary N) is 1. The summed E-state index contributed by atoms with van der Waals surface area (Å²) in [5.74, 6) is -0.748. The van der Waals surface area contributed by atoms with Crippen LogP contribution in [-0.4, -0.2) is 23.6 Å². The molecule has 1 aromatic heterocycles. The van der Waals surface area contributed by atoms with Crippen molar-refractivity contribution in [1.29, 1.82) is 0 Å². The zero-order chi connectivity index (χ0) is 27.1. The Morgan fingerprint density at radius 2 is 1.61 bits per heavy atom. The van der Waals surface area contributed by atoms with Crippen molar-refractivity contribution in [2.45, 2.75) is 18.0 Å². The Morgan fingerprint density at radius 3 is 2.26 bits per heavy atom. The third kappa shape index (κ3) is 7.44. The fourth-order valence-corrected chi connectivity index (χ4v) is 6.13. The van der Waals surface area contributed by atoms with E-state index in [0.29, 0.717) is 11.3 Å². The Balaban J connectivity index is 1.55. The molecule has 0 aliphatic rings. The maximum Gasteiger partial charge on any atom is 0.248 e. The number of anilines is 1. The molecule has 38 heavy (non-hydrogen) atoms. The van der Waals surface area contributed by atoms with Gasteiger partial charge in [-0.3, -0.25) is 9.78 Å². The van der Waals surface area contributed by atoms with Gasteiger partial charge in [0, 0.05) is 46.2 Å². The standard InChI is InChI=1S/C28H22Br2FN3O3S/c29-23-5-4-22(27(30)17-23)19-34(18-21-1-6-24(31)7-2-21)38(36,37)26-10-8-25(9-11-26)33-28(35)12-3-20-13-15-32-16-14-20/h1-17H,18-19H2,(H,33,35)/b12-3+. The number of sulfonamides is 1. The summed E-state index contributed by atoms with van der Waals surface area (Å²) in [4.78, 5) is 16.3. The van der Waals surface area contributed by atoms with Crippen LogP contribution < -0.4 is 5.32 Å². The van der Waals surface area contributed by atoms with Crippen LogP contribution in [0.5, 0.6) is 0 Å². The van der Waals surface area contributed by atoms with Crippen LogP contribution in [0.4, 0.5) is 10.1 Å². The maximum absolute atomic E-state index is 13.7. The smallest absolute Gasteiger partial charge is 0.248 e. The van der Waals surface area contributed by atoms with Crippen molar-refractivity contribution in [1.82, 2.24) is 9.29 Å². The zero-order valence-corrected chi connectivity index (χ0v) is 23.9. The van der Waals surface area contributed by atoms with Crippen molar-refractivity contribution in [2.75, 3.05) is 5.32 Å². The summed E-state index contributed by atoms with van der Waals surface area (Å²) < 4.78 is 43.8. The van der Waals surface area contributed by atoms with Gasteiger partial charge >= 0.3 is 0 Å². The number of carbonyl (C=O) groups excluding carboxylic acids is 1. The molecule has 0 radical (unpaired) electrons. The van der Waals surface area contributed by atoms with E-state index >= 15 is 0 Å². The molecule has 1 N–H and O–H groups in total.